The summed E-state index contributed by atoms with van der Waals surface area (Å²) in [7, 11) is 0. The zero-order valence-corrected chi connectivity index (χ0v) is 12.6. The topological polar surface area (TPSA) is 40.5 Å². The molecule has 0 unspecified atom stereocenters. The van der Waals surface area contributed by atoms with Crippen molar-refractivity contribution in [2.45, 2.75) is 52.7 Å². The molecule has 0 radical (unpaired) electrons. The van der Waals surface area contributed by atoms with Crippen molar-refractivity contribution in [3.63, 3.8) is 0 Å². The van der Waals surface area contributed by atoms with Crippen molar-refractivity contribution in [2.75, 3.05) is 0 Å². The Bertz CT molecular complexity index is 602. The van der Waals surface area contributed by atoms with E-state index >= 15 is 0 Å². The molecule has 108 valence electrons. The average Bonchev–Trinajstić information content (AvgIpc) is 2.51. The van der Waals surface area contributed by atoms with Gasteiger partial charge in [0.25, 0.3) is 0 Å². The Labute approximate surface area is 121 Å². The molecule has 0 heterocycles. The van der Waals surface area contributed by atoms with Gasteiger partial charge in [-0.2, -0.15) is 0 Å². The minimum absolute atomic E-state index is 0.0131. The molecule has 0 spiro atoms. The average molecular weight is 272 g/mol. The Hall–Kier alpha value is -1.38. The molecule has 0 aliphatic carbocycles. The van der Waals surface area contributed by atoms with Crippen LogP contribution in [0.25, 0.3) is 10.8 Å². The van der Waals surface area contributed by atoms with E-state index in [-0.39, 0.29) is 13.2 Å². The van der Waals surface area contributed by atoms with Gasteiger partial charge in [-0.25, -0.2) is 0 Å². The molecule has 0 amide bonds. The van der Waals surface area contributed by atoms with Crippen LogP contribution in [0.4, 0.5) is 0 Å². The number of aliphatic hydroxyl groups is 2. The van der Waals surface area contributed by atoms with E-state index in [4.69, 9.17) is 0 Å². The summed E-state index contributed by atoms with van der Waals surface area (Å²) < 4.78 is 0. The lowest BCUT2D eigenvalue weighted by atomic mass is 9.90. The number of hydrogen-bond acceptors (Lipinski definition) is 2. The van der Waals surface area contributed by atoms with Gasteiger partial charge in [0, 0.05) is 0 Å². The summed E-state index contributed by atoms with van der Waals surface area (Å²) in [6.45, 7) is 6.53. The summed E-state index contributed by atoms with van der Waals surface area (Å²) in [5.41, 5.74) is 4.33. The second-order valence-electron chi connectivity index (χ2n) is 5.51. The molecule has 0 saturated carbocycles. The number of benzene rings is 2. The largest absolute Gasteiger partial charge is 0.392 e. The van der Waals surface area contributed by atoms with Crippen molar-refractivity contribution in [3.05, 3.63) is 46.5 Å². The third-order valence-electron chi connectivity index (χ3n) is 4.22. The van der Waals surface area contributed by atoms with Crippen LogP contribution in [0.5, 0.6) is 0 Å². The Kier molecular flexibility index (Phi) is 4.79. The third kappa shape index (κ3) is 2.72. The number of aryl methyl sites for hydroxylation is 1. The van der Waals surface area contributed by atoms with Crippen LogP contribution >= 0.6 is 0 Å². The van der Waals surface area contributed by atoms with Gasteiger partial charge in [0.2, 0.25) is 0 Å². The highest BCUT2D eigenvalue weighted by molar-refractivity contribution is 5.90. The smallest absolute Gasteiger partial charge is 0.0688 e. The van der Waals surface area contributed by atoms with Gasteiger partial charge in [-0.15, -0.1) is 0 Å². The molecule has 20 heavy (non-hydrogen) atoms. The molecule has 2 nitrogen and oxygen atoms in total. The van der Waals surface area contributed by atoms with Crippen molar-refractivity contribution >= 4 is 10.8 Å². The summed E-state index contributed by atoms with van der Waals surface area (Å²) in [5.74, 6) is 0.479. The summed E-state index contributed by atoms with van der Waals surface area (Å²) >= 11 is 0. The number of rotatable bonds is 5. The van der Waals surface area contributed by atoms with Gasteiger partial charge >= 0.3 is 0 Å². The zero-order chi connectivity index (χ0) is 14.7. The molecule has 2 rings (SSSR count). The van der Waals surface area contributed by atoms with E-state index in [1.54, 1.807) is 0 Å². The van der Waals surface area contributed by atoms with Crippen LogP contribution < -0.4 is 0 Å². The maximum atomic E-state index is 9.68. The van der Waals surface area contributed by atoms with Crippen LogP contribution in [0.3, 0.4) is 0 Å². The monoisotopic (exact) mass is 272 g/mol. The molecule has 2 aromatic carbocycles. The van der Waals surface area contributed by atoms with Crippen LogP contribution in [0.1, 0.15) is 55.4 Å². The van der Waals surface area contributed by atoms with E-state index in [1.165, 1.54) is 11.1 Å². The number of aliphatic hydroxyl groups excluding tert-OH is 2. The van der Waals surface area contributed by atoms with Gasteiger partial charge in [-0.05, 0) is 51.8 Å². The normalized spacial score (nSPS) is 12.8. The zero-order valence-electron chi connectivity index (χ0n) is 12.6. The van der Waals surface area contributed by atoms with Gasteiger partial charge in [0.1, 0.15) is 0 Å². The first kappa shape index (κ1) is 15.0. The third-order valence-corrected chi connectivity index (χ3v) is 4.22. The van der Waals surface area contributed by atoms with Crippen LogP contribution in [0.2, 0.25) is 0 Å². The predicted molar refractivity (Wildman–Crippen MR) is 83.9 cm³/mol. The van der Waals surface area contributed by atoms with Crippen LogP contribution in [0, 0.1) is 0 Å². The van der Waals surface area contributed by atoms with Gasteiger partial charge in [0.15, 0.2) is 0 Å². The highest BCUT2D eigenvalue weighted by atomic mass is 16.3. The highest BCUT2D eigenvalue weighted by Gasteiger charge is 2.12. The SMILES string of the molecule is CCc1cc(CO)c2c(CO)cc([C@@H](C)CC)cc2c1. The minimum Gasteiger partial charge on any atom is -0.392 e. The Morgan fingerprint density at radius 1 is 0.950 bits per heavy atom. The fraction of sp³-hybridized carbons (Fsp3) is 0.444. The fourth-order valence-corrected chi connectivity index (χ4v) is 2.77. The number of hydrogen-bond donors (Lipinski definition) is 2. The van der Waals surface area contributed by atoms with Crippen molar-refractivity contribution in [3.8, 4) is 0 Å². The molecule has 0 saturated heterocycles. The molecule has 0 bridgehead atoms. The van der Waals surface area contributed by atoms with E-state index in [1.807, 2.05) is 6.07 Å². The Morgan fingerprint density at radius 3 is 2.15 bits per heavy atom. The van der Waals surface area contributed by atoms with E-state index in [2.05, 4.69) is 39.0 Å². The van der Waals surface area contributed by atoms with E-state index in [0.29, 0.717) is 5.92 Å². The maximum absolute atomic E-state index is 9.68. The summed E-state index contributed by atoms with van der Waals surface area (Å²) in [5, 5.41) is 21.4. The second-order valence-corrected chi connectivity index (χ2v) is 5.51. The van der Waals surface area contributed by atoms with Gasteiger partial charge < -0.3 is 10.2 Å². The van der Waals surface area contributed by atoms with Crippen molar-refractivity contribution in [1.82, 2.24) is 0 Å². The van der Waals surface area contributed by atoms with Crippen molar-refractivity contribution in [2.24, 2.45) is 0 Å². The lowest BCUT2D eigenvalue weighted by Gasteiger charge is -2.16. The Morgan fingerprint density at radius 2 is 1.60 bits per heavy atom. The second kappa shape index (κ2) is 6.38. The van der Waals surface area contributed by atoms with E-state index in [9.17, 15) is 10.2 Å². The minimum atomic E-state index is 0.0131. The Balaban J connectivity index is 2.76. The first-order chi connectivity index (χ1) is 9.64. The molecule has 2 N–H and O–H groups in total. The lowest BCUT2D eigenvalue weighted by molar-refractivity contribution is 0.278. The predicted octanol–water partition coefficient (Wildman–Crippen LogP) is 3.90. The summed E-state index contributed by atoms with van der Waals surface area (Å²) in [6.07, 6.45) is 2.03. The summed E-state index contributed by atoms with van der Waals surface area (Å²) in [4.78, 5) is 0. The fourth-order valence-electron chi connectivity index (χ4n) is 2.77. The highest BCUT2D eigenvalue weighted by Crippen LogP contribution is 2.31. The maximum Gasteiger partial charge on any atom is 0.0688 e. The first-order valence-electron chi connectivity index (χ1n) is 7.44. The molecule has 2 aromatic rings. The number of fused-ring (bicyclic) bond motifs is 1. The van der Waals surface area contributed by atoms with Crippen molar-refractivity contribution in [1.29, 1.82) is 0 Å². The molecular weight excluding hydrogens is 248 g/mol. The lowest BCUT2D eigenvalue weighted by Crippen LogP contribution is -1.99. The molecule has 0 fully saturated rings. The molecule has 2 heteroatoms. The molecule has 0 aliphatic rings. The van der Waals surface area contributed by atoms with Crippen LogP contribution in [0.15, 0.2) is 24.3 Å². The molecule has 1 atom stereocenters. The van der Waals surface area contributed by atoms with Gasteiger partial charge in [-0.1, -0.05) is 45.0 Å². The standard InChI is InChI=1S/C18H24O2/c1-4-12(3)14-8-15-6-13(5-2)7-16(10-19)18(15)17(9-14)11-20/h6-9,12,19-20H,4-5,10-11H2,1-3H3/t12-/m0/s1. The van der Waals surface area contributed by atoms with Gasteiger partial charge in [0.05, 0.1) is 13.2 Å². The van der Waals surface area contributed by atoms with E-state index < -0.39 is 0 Å². The quantitative estimate of drug-likeness (QED) is 0.866. The molecule has 0 aliphatic heterocycles. The van der Waals surface area contributed by atoms with Crippen molar-refractivity contribution < 1.29 is 10.2 Å². The first-order valence-corrected chi connectivity index (χ1v) is 7.44. The summed E-state index contributed by atoms with van der Waals surface area (Å²) in [6, 6.07) is 8.52. The molecular formula is C18H24O2. The van der Waals surface area contributed by atoms with Crippen LogP contribution in [-0.2, 0) is 19.6 Å². The van der Waals surface area contributed by atoms with Crippen LogP contribution in [-0.4, -0.2) is 10.2 Å². The van der Waals surface area contributed by atoms with Gasteiger partial charge in [-0.3, -0.25) is 0 Å². The molecule has 0 aromatic heterocycles. The van der Waals surface area contributed by atoms with E-state index in [0.717, 1.165) is 34.7 Å².